The summed E-state index contributed by atoms with van der Waals surface area (Å²) in [5, 5.41) is 10.5. The monoisotopic (exact) mass is 375 g/mol. The zero-order chi connectivity index (χ0) is 16.8. The van der Waals surface area contributed by atoms with Crippen molar-refractivity contribution in [3.63, 3.8) is 0 Å². The quantitative estimate of drug-likeness (QED) is 0.727. The van der Waals surface area contributed by atoms with E-state index < -0.39 is 5.97 Å². The van der Waals surface area contributed by atoms with Gasteiger partial charge in [0.1, 0.15) is 6.61 Å². The van der Waals surface area contributed by atoms with E-state index in [1.165, 1.54) is 18.7 Å². The molecule has 5 heteroatoms. The summed E-state index contributed by atoms with van der Waals surface area (Å²) < 4.78 is 11.8. The SMILES string of the molecule is COc1cc(/C=C/C(=O)[O-])c(Br)cc1OCc1ccc(C)cc1. The van der Waals surface area contributed by atoms with Crippen molar-refractivity contribution in [2.75, 3.05) is 7.11 Å². The molecule has 0 N–H and O–H groups in total. The topological polar surface area (TPSA) is 58.6 Å². The van der Waals surface area contributed by atoms with Crippen molar-refractivity contribution in [2.45, 2.75) is 13.5 Å². The molecule has 2 rings (SSSR count). The van der Waals surface area contributed by atoms with Gasteiger partial charge in [0.15, 0.2) is 11.5 Å². The lowest BCUT2D eigenvalue weighted by Crippen LogP contribution is -2.18. The summed E-state index contributed by atoms with van der Waals surface area (Å²) in [6.45, 7) is 2.45. The van der Waals surface area contributed by atoms with Gasteiger partial charge in [-0.3, -0.25) is 0 Å². The van der Waals surface area contributed by atoms with Crippen molar-refractivity contribution in [1.82, 2.24) is 0 Å². The fraction of sp³-hybridized carbons (Fsp3) is 0.167. The van der Waals surface area contributed by atoms with E-state index in [0.717, 1.165) is 11.6 Å². The van der Waals surface area contributed by atoms with E-state index in [9.17, 15) is 9.90 Å². The Morgan fingerprint density at radius 2 is 1.91 bits per heavy atom. The summed E-state index contributed by atoms with van der Waals surface area (Å²) in [5.41, 5.74) is 2.90. The summed E-state index contributed by atoms with van der Waals surface area (Å²) >= 11 is 3.40. The zero-order valence-electron chi connectivity index (χ0n) is 12.8. The number of aryl methyl sites for hydroxylation is 1. The van der Waals surface area contributed by atoms with Crippen molar-refractivity contribution in [3.05, 3.63) is 63.6 Å². The molecule has 0 spiro atoms. The molecule has 0 amide bonds. The summed E-state index contributed by atoms with van der Waals surface area (Å²) in [7, 11) is 1.54. The molecule has 0 saturated carbocycles. The van der Waals surface area contributed by atoms with Crippen LogP contribution in [-0.4, -0.2) is 13.1 Å². The molecule has 0 radical (unpaired) electrons. The van der Waals surface area contributed by atoms with E-state index >= 15 is 0 Å². The van der Waals surface area contributed by atoms with Crippen LogP contribution in [-0.2, 0) is 11.4 Å². The van der Waals surface area contributed by atoms with Gasteiger partial charge in [-0.15, -0.1) is 0 Å². The van der Waals surface area contributed by atoms with Crippen molar-refractivity contribution in [3.8, 4) is 11.5 Å². The van der Waals surface area contributed by atoms with Crippen LogP contribution in [0.15, 0.2) is 46.9 Å². The molecule has 0 heterocycles. The van der Waals surface area contributed by atoms with Crippen molar-refractivity contribution in [2.24, 2.45) is 0 Å². The fourth-order valence-corrected chi connectivity index (χ4v) is 2.41. The molecule has 2 aromatic carbocycles. The average Bonchev–Trinajstić information content (AvgIpc) is 2.53. The Bertz CT molecular complexity index is 721. The molecule has 0 bridgehead atoms. The number of carboxylic acid groups (broad SMARTS) is 1. The Kier molecular flexibility index (Phi) is 5.82. The van der Waals surface area contributed by atoms with Crippen molar-refractivity contribution >= 4 is 28.0 Å². The average molecular weight is 376 g/mol. The molecule has 0 aromatic heterocycles. The van der Waals surface area contributed by atoms with Crippen molar-refractivity contribution in [1.29, 1.82) is 0 Å². The number of halogens is 1. The lowest BCUT2D eigenvalue weighted by molar-refractivity contribution is -0.297. The van der Waals surface area contributed by atoms with Gasteiger partial charge in [0.25, 0.3) is 0 Å². The second kappa shape index (κ2) is 7.83. The minimum absolute atomic E-state index is 0.414. The van der Waals surface area contributed by atoms with Gasteiger partial charge in [-0.05, 0) is 36.3 Å². The van der Waals surface area contributed by atoms with Crippen LogP contribution in [0.25, 0.3) is 6.08 Å². The summed E-state index contributed by atoms with van der Waals surface area (Å²) in [4.78, 5) is 10.5. The first-order valence-electron chi connectivity index (χ1n) is 6.94. The van der Waals surface area contributed by atoms with Crippen LogP contribution < -0.4 is 14.6 Å². The number of carbonyl (C=O) groups is 1. The highest BCUT2D eigenvalue weighted by Crippen LogP contribution is 2.34. The van der Waals surface area contributed by atoms with Crippen LogP contribution >= 0.6 is 15.9 Å². The predicted octanol–water partition coefficient (Wildman–Crippen LogP) is 3.11. The van der Waals surface area contributed by atoms with E-state index in [1.54, 1.807) is 12.1 Å². The summed E-state index contributed by atoms with van der Waals surface area (Å²) in [5.74, 6) is -0.153. The molecule has 0 unspecified atom stereocenters. The Labute approximate surface area is 143 Å². The smallest absolute Gasteiger partial charge is 0.162 e. The van der Waals surface area contributed by atoms with E-state index in [4.69, 9.17) is 9.47 Å². The van der Waals surface area contributed by atoms with Crippen LogP contribution in [0, 0.1) is 6.92 Å². The highest BCUT2D eigenvalue weighted by atomic mass is 79.9. The van der Waals surface area contributed by atoms with Gasteiger partial charge in [-0.1, -0.05) is 51.8 Å². The summed E-state index contributed by atoms with van der Waals surface area (Å²) in [6, 6.07) is 11.5. The van der Waals surface area contributed by atoms with Gasteiger partial charge in [0.05, 0.1) is 13.1 Å². The normalized spacial score (nSPS) is 10.7. The standard InChI is InChI=1S/C18H17BrO4/c1-12-3-5-13(6-4-12)11-23-17-10-15(19)14(7-8-18(20)21)9-16(17)22-2/h3-10H,11H2,1-2H3,(H,20,21)/p-1/b8-7+. The van der Waals surface area contributed by atoms with Gasteiger partial charge in [-0.2, -0.15) is 0 Å². The third-order valence-corrected chi connectivity index (χ3v) is 3.88. The number of methoxy groups -OCH3 is 1. The van der Waals surface area contributed by atoms with Gasteiger partial charge < -0.3 is 19.4 Å². The number of ether oxygens (including phenoxy) is 2. The highest BCUT2D eigenvalue weighted by Gasteiger charge is 2.09. The zero-order valence-corrected chi connectivity index (χ0v) is 14.4. The lowest BCUT2D eigenvalue weighted by Gasteiger charge is -2.13. The predicted molar refractivity (Wildman–Crippen MR) is 90.2 cm³/mol. The number of hydrogen-bond donors (Lipinski definition) is 0. The van der Waals surface area contributed by atoms with E-state index in [0.29, 0.717) is 28.1 Å². The van der Waals surface area contributed by atoms with Gasteiger partial charge in [0.2, 0.25) is 0 Å². The lowest BCUT2D eigenvalue weighted by atomic mass is 10.1. The minimum Gasteiger partial charge on any atom is -0.545 e. The Balaban J connectivity index is 2.19. The molecule has 120 valence electrons. The Morgan fingerprint density at radius 1 is 1.22 bits per heavy atom. The number of rotatable bonds is 6. The molecular weight excluding hydrogens is 360 g/mol. The number of carbonyl (C=O) groups excluding carboxylic acids is 1. The third kappa shape index (κ3) is 4.86. The van der Waals surface area contributed by atoms with Gasteiger partial charge >= 0.3 is 0 Å². The highest BCUT2D eigenvalue weighted by molar-refractivity contribution is 9.10. The molecule has 0 aliphatic rings. The minimum atomic E-state index is -1.25. The molecular formula is C18H16BrO4-. The molecule has 0 aliphatic carbocycles. The molecule has 4 nitrogen and oxygen atoms in total. The van der Waals surface area contributed by atoms with Crippen LogP contribution in [0.4, 0.5) is 0 Å². The Morgan fingerprint density at radius 3 is 2.52 bits per heavy atom. The first kappa shape index (κ1) is 17.1. The first-order valence-corrected chi connectivity index (χ1v) is 7.74. The number of benzene rings is 2. The third-order valence-electron chi connectivity index (χ3n) is 3.20. The van der Waals surface area contributed by atoms with E-state index in [1.807, 2.05) is 31.2 Å². The van der Waals surface area contributed by atoms with Crippen LogP contribution in [0.3, 0.4) is 0 Å². The van der Waals surface area contributed by atoms with Gasteiger partial charge in [0, 0.05) is 4.47 Å². The van der Waals surface area contributed by atoms with Crippen molar-refractivity contribution < 1.29 is 19.4 Å². The van der Waals surface area contributed by atoms with Crippen LogP contribution in [0.5, 0.6) is 11.5 Å². The molecule has 0 aliphatic heterocycles. The molecule has 23 heavy (non-hydrogen) atoms. The largest absolute Gasteiger partial charge is 0.545 e. The van der Waals surface area contributed by atoms with E-state index in [-0.39, 0.29) is 0 Å². The number of hydrogen-bond acceptors (Lipinski definition) is 4. The maximum absolute atomic E-state index is 10.5. The maximum atomic E-state index is 10.5. The second-order valence-corrected chi connectivity index (χ2v) is 5.81. The van der Waals surface area contributed by atoms with Gasteiger partial charge in [-0.25, -0.2) is 0 Å². The molecule has 0 fully saturated rings. The van der Waals surface area contributed by atoms with E-state index in [2.05, 4.69) is 15.9 Å². The summed E-state index contributed by atoms with van der Waals surface area (Å²) in [6.07, 6.45) is 2.40. The molecule has 2 aromatic rings. The molecule has 0 atom stereocenters. The Hall–Kier alpha value is -2.27. The second-order valence-electron chi connectivity index (χ2n) is 4.95. The molecule has 0 saturated heterocycles. The number of carboxylic acids is 1. The van der Waals surface area contributed by atoms with Crippen LogP contribution in [0.1, 0.15) is 16.7 Å². The number of aliphatic carboxylic acids is 1. The maximum Gasteiger partial charge on any atom is 0.162 e. The van der Waals surface area contributed by atoms with Crippen LogP contribution in [0.2, 0.25) is 0 Å². The first-order chi connectivity index (χ1) is 11.0. The fourth-order valence-electron chi connectivity index (χ4n) is 1.95.